The van der Waals surface area contributed by atoms with Gasteiger partial charge in [0.15, 0.2) is 5.58 Å². The number of oxazole rings is 1. The Morgan fingerprint density at radius 1 is 0.722 bits per heavy atom. The van der Waals surface area contributed by atoms with Gasteiger partial charge in [0.1, 0.15) is 5.75 Å². The van der Waals surface area contributed by atoms with E-state index in [4.69, 9.17) is 9.40 Å². The minimum Gasteiger partial charge on any atom is -0.507 e. The van der Waals surface area contributed by atoms with Crippen LogP contribution in [0.5, 0.6) is 5.75 Å². The molecule has 5 heteroatoms. The van der Waals surface area contributed by atoms with E-state index in [1.54, 1.807) is 18.3 Å². The number of nitrogens with zero attached hydrogens (tertiary/aromatic N) is 2. The summed E-state index contributed by atoms with van der Waals surface area (Å²) in [5.41, 5.74) is 7.83. The number of aromatic hydroxyl groups is 1. The number of phenols is 1. The predicted molar refractivity (Wildman–Crippen MR) is 138 cm³/mol. The first-order valence-electron chi connectivity index (χ1n) is 11.4. The van der Waals surface area contributed by atoms with Gasteiger partial charge in [0.25, 0.3) is 0 Å². The molecule has 0 saturated carbocycles. The molecule has 0 aliphatic heterocycles. The molecule has 0 saturated heterocycles. The number of para-hydroxylation sites is 1. The van der Waals surface area contributed by atoms with Crippen molar-refractivity contribution < 1.29 is 30.6 Å². The molecule has 6 aromatic rings. The number of rotatable bonds is 5. The molecule has 0 aliphatic carbocycles. The maximum Gasteiger partial charge on any atom is 0.230 e. The van der Waals surface area contributed by atoms with E-state index in [9.17, 15) is 5.11 Å². The van der Waals surface area contributed by atoms with Crippen LogP contribution in [0.1, 0.15) is 11.1 Å². The second-order valence-electron chi connectivity index (χ2n) is 8.34. The van der Waals surface area contributed by atoms with Crippen LogP contribution in [0.2, 0.25) is 0 Å². The van der Waals surface area contributed by atoms with E-state index in [1.807, 2.05) is 66.7 Å². The van der Waals surface area contributed by atoms with Crippen molar-refractivity contribution >= 4 is 11.1 Å². The Morgan fingerprint density at radius 3 is 2.31 bits per heavy atom. The molecular formula is C31H21N2O2Pt-. The molecule has 0 spiro atoms. The Balaban J connectivity index is 0.00000267. The zero-order chi connectivity index (χ0) is 23.6. The summed E-state index contributed by atoms with van der Waals surface area (Å²) in [6, 6.07) is 36.9. The summed E-state index contributed by atoms with van der Waals surface area (Å²) >= 11 is 0. The second-order valence-corrected chi connectivity index (χ2v) is 8.34. The van der Waals surface area contributed by atoms with Gasteiger partial charge in [-0.05, 0) is 23.8 Å². The van der Waals surface area contributed by atoms with Crippen LogP contribution in [0.3, 0.4) is 0 Å². The summed E-state index contributed by atoms with van der Waals surface area (Å²) in [4.78, 5) is 9.33. The van der Waals surface area contributed by atoms with E-state index in [-0.39, 0.29) is 26.8 Å². The molecule has 0 unspecified atom stereocenters. The molecular weight excluding hydrogens is 627 g/mol. The molecule has 2 heterocycles. The van der Waals surface area contributed by atoms with E-state index in [0.717, 1.165) is 33.5 Å². The summed E-state index contributed by atoms with van der Waals surface area (Å²) < 4.78 is 6.32. The van der Waals surface area contributed by atoms with Gasteiger partial charge in [-0.3, -0.25) is 4.98 Å². The van der Waals surface area contributed by atoms with Crippen molar-refractivity contribution in [3.63, 3.8) is 0 Å². The summed E-state index contributed by atoms with van der Waals surface area (Å²) in [5, 5.41) is 10.4. The van der Waals surface area contributed by atoms with Crippen LogP contribution >= 0.6 is 0 Å². The summed E-state index contributed by atoms with van der Waals surface area (Å²) in [6.45, 7) is 0. The van der Waals surface area contributed by atoms with Crippen LogP contribution in [0, 0.1) is 6.07 Å². The maximum atomic E-state index is 10.4. The fourth-order valence-electron chi connectivity index (χ4n) is 4.30. The SMILES string of the molecule is Oc1ccccc1-c1nc2c(-c3[c-]c(-c4ccccn4)ccc3)ccc(Cc3ccccc3)c2o1.[Pt]. The first-order valence-corrected chi connectivity index (χ1v) is 11.4. The number of pyridine rings is 1. The number of fused-ring (bicyclic) bond motifs is 1. The third kappa shape index (κ3) is 4.60. The van der Waals surface area contributed by atoms with Gasteiger partial charge in [0, 0.05) is 44.9 Å². The van der Waals surface area contributed by atoms with Crippen LogP contribution in [-0.4, -0.2) is 15.1 Å². The van der Waals surface area contributed by atoms with Crippen LogP contribution in [-0.2, 0) is 27.5 Å². The third-order valence-corrected chi connectivity index (χ3v) is 6.02. The molecule has 0 fully saturated rings. The fourth-order valence-corrected chi connectivity index (χ4v) is 4.30. The van der Waals surface area contributed by atoms with Gasteiger partial charge in [-0.15, -0.1) is 29.8 Å². The molecule has 4 nitrogen and oxygen atoms in total. The molecule has 36 heavy (non-hydrogen) atoms. The van der Waals surface area contributed by atoms with Gasteiger partial charge >= 0.3 is 0 Å². The van der Waals surface area contributed by atoms with E-state index in [1.165, 1.54) is 5.56 Å². The maximum absolute atomic E-state index is 10.4. The number of hydrogen-bond acceptors (Lipinski definition) is 4. The van der Waals surface area contributed by atoms with Crippen molar-refractivity contribution in [1.29, 1.82) is 0 Å². The Labute approximate surface area is 223 Å². The van der Waals surface area contributed by atoms with E-state index in [0.29, 0.717) is 23.5 Å². The number of phenolic OH excluding ortho intramolecular Hbond substituents is 1. The van der Waals surface area contributed by atoms with Gasteiger partial charge in [0.2, 0.25) is 5.89 Å². The number of aromatic nitrogens is 2. The van der Waals surface area contributed by atoms with Crippen LogP contribution < -0.4 is 0 Å². The molecule has 1 N–H and O–H groups in total. The zero-order valence-corrected chi connectivity index (χ0v) is 21.4. The van der Waals surface area contributed by atoms with Gasteiger partial charge in [0.05, 0.1) is 11.1 Å². The molecule has 0 radical (unpaired) electrons. The van der Waals surface area contributed by atoms with E-state index in [2.05, 4.69) is 35.3 Å². The van der Waals surface area contributed by atoms with E-state index >= 15 is 0 Å². The summed E-state index contributed by atoms with van der Waals surface area (Å²) in [6.07, 6.45) is 2.49. The van der Waals surface area contributed by atoms with Crippen molar-refractivity contribution in [2.45, 2.75) is 6.42 Å². The summed E-state index contributed by atoms with van der Waals surface area (Å²) in [5.74, 6) is 0.523. The molecule has 0 amide bonds. The molecule has 2 aromatic heterocycles. The normalized spacial score (nSPS) is 10.8. The molecule has 178 valence electrons. The average molecular weight is 649 g/mol. The smallest absolute Gasteiger partial charge is 0.230 e. The Morgan fingerprint density at radius 2 is 1.50 bits per heavy atom. The van der Waals surface area contributed by atoms with Crippen molar-refractivity contribution in [3.05, 3.63) is 127 Å². The van der Waals surface area contributed by atoms with Crippen molar-refractivity contribution in [3.8, 4) is 39.6 Å². The van der Waals surface area contributed by atoms with Crippen molar-refractivity contribution in [2.24, 2.45) is 0 Å². The molecule has 0 atom stereocenters. The van der Waals surface area contributed by atoms with Gasteiger partial charge in [-0.1, -0.05) is 77.9 Å². The van der Waals surface area contributed by atoms with E-state index < -0.39 is 0 Å². The Bertz CT molecular complexity index is 1630. The third-order valence-electron chi connectivity index (χ3n) is 6.02. The van der Waals surface area contributed by atoms with Crippen molar-refractivity contribution in [1.82, 2.24) is 9.97 Å². The minimum atomic E-state index is 0. The standard InChI is InChI=1S/C31H21N2O2.Pt/c34-28-15-5-4-13-26(28)31-33-29-25(22-11-8-12-23(20-22)27-14-6-7-18-32-27)17-16-24(30(29)35-31)19-21-9-2-1-3-10-21;/h1-18,34H,19H2;/q-1;. The number of hydrogen-bond donors (Lipinski definition) is 1. The molecule has 0 aliphatic rings. The zero-order valence-electron chi connectivity index (χ0n) is 19.2. The number of benzene rings is 4. The second kappa shape index (κ2) is 10.3. The average Bonchev–Trinajstić information content (AvgIpc) is 3.36. The predicted octanol–water partition coefficient (Wildman–Crippen LogP) is 7.32. The topological polar surface area (TPSA) is 59.2 Å². The van der Waals surface area contributed by atoms with Crippen LogP contribution in [0.4, 0.5) is 0 Å². The first kappa shape index (κ1) is 23.7. The van der Waals surface area contributed by atoms with Gasteiger partial charge in [-0.25, -0.2) is 4.98 Å². The van der Waals surface area contributed by atoms with Gasteiger partial charge in [-0.2, -0.15) is 0 Å². The largest absolute Gasteiger partial charge is 0.507 e. The quantitative estimate of drug-likeness (QED) is 0.199. The first-order chi connectivity index (χ1) is 17.3. The minimum absolute atomic E-state index is 0. The van der Waals surface area contributed by atoms with Crippen molar-refractivity contribution in [2.75, 3.05) is 0 Å². The Kier molecular flexibility index (Phi) is 6.79. The molecule has 0 bridgehead atoms. The summed E-state index contributed by atoms with van der Waals surface area (Å²) in [7, 11) is 0. The van der Waals surface area contributed by atoms with Crippen LogP contribution in [0.25, 0.3) is 44.9 Å². The Hall–Kier alpha value is -4.01. The van der Waals surface area contributed by atoms with Gasteiger partial charge < -0.3 is 9.52 Å². The van der Waals surface area contributed by atoms with Crippen LogP contribution in [0.15, 0.2) is 114 Å². The molecule has 4 aromatic carbocycles. The molecule has 6 rings (SSSR count). The fraction of sp³-hybridized carbons (Fsp3) is 0.0323. The monoisotopic (exact) mass is 648 g/mol.